The topological polar surface area (TPSA) is 63.6 Å². The Morgan fingerprint density at radius 3 is 2.27 bits per heavy atom. The molecule has 4 nitrogen and oxygen atoms in total. The number of aromatic hydroxyl groups is 1. The molecule has 0 unspecified atom stereocenters. The number of hydrogen-bond acceptors (Lipinski definition) is 4. The van der Waals surface area contributed by atoms with Gasteiger partial charge in [-0.3, -0.25) is 9.59 Å². The van der Waals surface area contributed by atoms with E-state index in [9.17, 15) is 14.7 Å². The number of Topliss-reactive ketones (excluding diaryl/α,β-unsaturated/α-hetero) is 2. The summed E-state index contributed by atoms with van der Waals surface area (Å²) in [6.45, 7) is 1.58. The molecule has 1 fully saturated rings. The molecular formula is C22H24O4. The average Bonchev–Trinajstić information content (AvgIpc) is 2.67. The number of para-hydroxylation sites is 1. The third-order valence-electron chi connectivity index (χ3n) is 5.23. The fraction of sp³-hybridized carbons (Fsp3) is 0.364. The van der Waals surface area contributed by atoms with Crippen molar-refractivity contribution in [1.29, 1.82) is 0 Å². The molecule has 0 spiro atoms. The number of benzene rings is 2. The number of phenolic OH excluding ortho intramolecular Hbond substituents is 1. The second-order valence-electron chi connectivity index (χ2n) is 6.96. The minimum Gasteiger partial charge on any atom is -0.507 e. The predicted molar refractivity (Wildman–Crippen MR) is 99.8 cm³/mol. The number of ketones is 2. The molecule has 0 heterocycles. The molecule has 3 rings (SSSR count). The summed E-state index contributed by atoms with van der Waals surface area (Å²) in [6, 6.07) is 14.3. The molecule has 0 aromatic heterocycles. The molecule has 0 saturated heterocycles. The molecule has 0 atom stereocenters. The molecule has 0 amide bonds. The number of ether oxygens (including phenoxy) is 1. The lowest BCUT2D eigenvalue weighted by Gasteiger charge is -2.27. The van der Waals surface area contributed by atoms with Crippen molar-refractivity contribution in [1.82, 2.24) is 0 Å². The van der Waals surface area contributed by atoms with Crippen LogP contribution in [-0.2, 0) is 4.79 Å². The van der Waals surface area contributed by atoms with E-state index in [0.717, 1.165) is 25.7 Å². The Balaban J connectivity index is 1.54. The predicted octanol–water partition coefficient (Wildman–Crippen LogP) is 4.52. The van der Waals surface area contributed by atoms with Gasteiger partial charge < -0.3 is 9.84 Å². The zero-order chi connectivity index (χ0) is 18.5. The van der Waals surface area contributed by atoms with Gasteiger partial charge in [-0.2, -0.15) is 0 Å². The Hall–Kier alpha value is -2.62. The molecule has 0 radical (unpaired) electrons. The second kappa shape index (κ2) is 8.17. The minimum atomic E-state index is -0.255. The highest BCUT2D eigenvalue weighted by molar-refractivity contribution is 5.99. The van der Waals surface area contributed by atoms with Crippen LogP contribution in [0.5, 0.6) is 11.5 Å². The van der Waals surface area contributed by atoms with Gasteiger partial charge in [0.2, 0.25) is 5.78 Å². The van der Waals surface area contributed by atoms with E-state index in [1.54, 1.807) is 25.1 Å². The van der Waals surface area contributed by atoms with Gasteiger partial charge in [0.15, 0.2) is 6.61 Å². The fourth-order valence-corrected chi connectivity index (χ4v) is 3.61. The van der Waals surface area contributed by atoms with Gasteiger partial charge in [0.05, 0.1) is 5.56 Å². The van der Waals surface area contributed by atoms with Crippen LogP contribution in [0.3, 0.4) is 0 Å². The van der Waals surface area contributed by atoms with E-state index < -0.39 is 0 Å². The summed E-state index contributed by atoms with van der Waals surface area (Å²) in [5.41, 5.74) is 1.53. The van der Waals surface area contributed by atoms with Crippen molar-refractivity contribution >= 4 is 11.6 Å². The zero-order valence-electron chi connectivity index (χ0n) is 15.0. The van der Waals surface area contributed by atoms with E-state index in [0.29, 0.717) is 17.5 Å². The molecular weight excluding hydrogens is 328 g/mol. The van der Waals surface area contributed by atoms with Crippen LogP contribution in [0.15, 0.2) is 48.5 Å². The third kappa shape index (κ3) is 4.31. The molecule has 2 aromatic carbocycles. The maximum absolute atomic E-state index is 12.1. The smallest absolute Gasteiger partial charge is 0.203 e. The lowest BCUT2D eigenvalue weighted by atomic mass is 9.77. The van der Waals surface area contributed by atoms with E-state index in [-0.39, 0.29) is 29.6 Å². The Bertz CT molecular complexity index is 771. The van der Waals surface area contributed by atoms with Crippen molar-refractivity contribution in [2.45, 2.75) is 38.5 Å². The van der Waals surface area contributed by atoms with Crippen LogP contribution in [0, 0.1) is 5.92 Å². The van der Waals surface area contributed by atoms with Gasteiger partial charge >= 0.3 is 0 Å². The van der Waals surface area contributed by atoms with Crippen molar-refractivity contribution in [3.8, 4) is 11.5 Å². The van der Waals surface area contributed by atoms with Gasteiger partial charge in [-0.15, -0.1) is 0 Å². The van der Waals surface area contributed by atoms with Gasteiger partial charge in [0, 0.05) is 5.92 Å². The van der Waals surface area contributed by atoms with E-state index in [4.69, 9.17) is 4.74 Å². The molecule has 2 aromatic rings. The highest BCUT2D eigenvalue weighted by Crippen LogP contribution is 2.36. The molecule has 0 aliphatic heterocycles. The van der Waals surface area contributed by atoms with Crippen LogP contribution >= 0.6 is 0 Å². The van der Waals surface area contributed by atoms with Crippen LogP contribution in [0.2, 0.25) is 0 Å². The van der Waals surface area contributed by atoms with Crippen molar-refractivity contribution in [2.24, 2.45) is 5.92 Å². The first-order valence-electron chi connectivity index (χ1n) is 9.09. The highest BCUT2D eigenvalue weighted by atomic mass is 16.5. The lowest BCUT2D eigenvalue weighted by molar-refractivity contribution is -0.121. The van der Waals surface area contributed by atoms with Crippen LogP contribution in [0.4, 0.5) is 0 Å². The first kappa shape index (κ1) is 18.2. The van der Waals surface area contributed by atoms with E-state index in [1.807, 2.05) is 24.3 Å². The molecule has 1 N–H and O–H groups in total. The first-order valence-corrected chi connectivity index (χ1v) is 9.09. The summed E-state index contributed by atoms with van der Waals surface area (Å²) in [7, 11) is 0. The number of phenols is 1. The van der Waals surface area contributed by atoms with Crippen LogP contribution in [0.25, 0.3) is 0 Å². The number of carbonyl (C=O) groups is 2. The van der Waals surface area contributed by atoms with E-state index >= 15 is 0 Å². The van der Waals surface area contributed by atoms with Crippen LogP contribution in [-0.4, -0.2) is 23.3 Å². The SMILES string of the molecule is CC(=O)C1CCC(c2ccc(OCC(=O)c3ccccc3O)cc2)CC1. The molecule has 1 aliphatic carbocycles. The van der Waals surface area contributed by atoms with Crippen molar-refractivity contribution < 1.29 is 19.4 Å². The van der Waals surface area contributed by atoms with Gasteiger partial charge in [0.25, 0.3) is 0 Å². The third-order valence-corrected chi connectivity index (χ3v) is 5.23. The monoisotopic (exact) mass is 352 g/mol. The van der Waals surface area contributed by atoms with Gasteiger partial charge in [0.1, 0.15) is 17.3 Å². The zero-order valence-corrected chi connectivity index (χ0v) is 15.0. The van der Waals surface area contributed by atoms with E-state index in [1.165, 1.54) is 11.6 Å². The number of rotatable bonds is 6. The Labute approximate surface area is 153 Å². The molecule has 26 heavy (non-hydrogen) atoms. The molecule has 1 saturated carbocycles. The van der Waals surface area contributed by atoms with E-state index in [2.05, 4.69) is 0 Å². The second-order valence-corrected chi connectivity index (χ2v) is 6.96. The van der Waals surface area contributed by atoms with Crippen LogP contribution in [0.1, 0.15) is 54.4 Å². The normalized spacial score (nSPS) is 19.7. The number of hydrogen-bond donors (Lipinski definition) is 1. The molecule has 0 bridgehead atoms. The van der Waals surface area contributed by atoms with Gasteiger partial charge in [-0.05, 0) is 68.4 Å². The molecule has 4 heteroatoms. The lowest BCUT2D eigenvalue weighted by Crippen LogP contribution is -2.18. The highest BCUT2D eigenvalue weighted by Gasteiger charge is 2.24. The van der Waals surface area contributed by atoms with Crippen molar-refractivity contribution in [3.05, 3.63) is 59.7 Å². The Morgan fingerprint density at radius 2 is 1.65 bits per heavy atom. The molecule has 1 aliphatic rings. The van der Waals surface area contributed by atoms with Crippen LogP contribution < -0.4 is 4.74 Å². The van der Waals surface area contributed by atoms with Crippen molar-refractivity contribution in [3.63, 3.8) is 0 Å². The Morgan fingerprint density at radius 1 is 1.00 bits per heavy atom. The first-order chi connectivity index (χ1) is 12.5. The standard InChI is InChI=1S/C22H24O4/c1-15(23)16-6-8-17(9-7-16)18-10-12-19(13-11-18)26-14-22(25)20-4-2-3-5-21(20)24/h2-5,10-13,16-17,24H,6-9,14H2,1H3. The summed E-state index contributed by atoms with van der Waals surface area (Å²) in [5.74, 6) is 1.38. The Kier molecular flexibility index (Phi) is 5.71. The van der Waals surface area contributed by atoms with Gasteiger partial charge in [-0.25, -0.2) is 0 Å². The maximum atomic E-state index is 12.1. The summed E-state index contributed by atoms with van der Waals surface area (Å²) in [6.07, 6.45) is 4.01. The summed E-state index contributed by atoms with van der Waals surface area (Å²) in [5, 5.41) is 9.71. The van der Waals surface area contributed by atoms with Gasteiger partial charge in [-0.1, -0.05) is 24.3 Å². The average molecular weight is 352 g/mol. The fourth-order valence-electron chi connectivity index (χ4n) is 3.61. The maximum Gasteiger partial charge on any atom is 0.203 e. The van der Waals surface area contributed by atoms with Crippen molar-refractivity contribution in [2.75, 3.05) is 6.61 Å². The largest absolute Gasteiger partial charge is 0.507 e. The quantitative estimate of drug-likeness (QED) is 0.777. The number of carbonyl (C=O) groups excluding carboxylic acids is 2. The molecule has 136 valence electrons. The summed E-state index contributed by atoms with van der Waals surface area (Å²) >= 11 is 0. The summed E-state index contributed by atoms with van der Waals surface area (Å²) < 4.78 is 5.56. The summed E-state index contributed by atoms with van der Waals surface area (Å²) in [4.78, 5) is 23.6. The minimum absolute atomic E-state index is 0.0300.